The van der Waals surface area contributed by atoms with Crippen LogP contribution in [0.2, 0.25) is 0 Å². The number of aryl methyl sites for hydroxylation is 1. The van der Waals surface area contributed by atoms with Crippen molar-refractivity contribution in [3.63, 3.8) is 0 Å². The van der Waals surface area contributed by atoms with Gasteiger partial charge in [0.2, 0.25) is 0 Å². The highest BCUT2D eigenvalue weighted by atomic mass is 16.5. The zero-order chi connectivity index (χ0) is 19.8. The third-order valence-electron chi connectivity index (χ3n) is 4.28. The molecule has 0 aliphatic rings. The van der Waals surface area contributed by atoms with Gasteiger partial charge in [-0.3, -0.25) is 4.79 Å². The zero-order valence-electron chi connectivity index (χ0n) is 16.2. The minimum atomic E-state index is -0.560. The van der Waals surface area contributed by atoms with Gasteiger partial charge in [0.15, 0.2) is 6.10 Å². The van der Waals surface area contributed by atoms with Crippen molar-refractivity contribution < 1.29 is 14.3 Å². The maximum Gasteiger partial charge on any atom is 0.265 e. The number of carbonyl (C=O) groups excluding carboxylic acids is 1. The molecule has 3 aromatic rings. The lowest BCUT2D eigenvalue weighted by Gasteiger charge is -2.18. The van der Waals surface area contributed by atoms with Gasteiger partial charge in [-0.15, -0.1) is 0 Å². The molecule has 144 valence electrons. The average Bonchev–Trinajstić information content (AvgIpc) is 2.71. The number of ether oxygens (including phenoxy) is 2. The van der Waals surface area contributed by atoms with Crippen LogP contribution in [0.25, 0.3) is 0 Å². The van der Waals surface area contributed by atoms with Gasteiger partial charge in [-0.1, -0.05) is 55.5 Å². The van der Waals surface area contributed by atoms with Crippen LogP contribution in [0.1, 0.15) is 24.5 Å². The first-order valence-corrected chi connectivity index (χ1v) is 9.45. The summed E-state index contributed by atoms with van der Waals surface area (Å²) in [5.41, 5.74) is 2.87. The largest absolute Gasteiger partial charge is 0.489 e. The minimum Gasteiger partial charge on any atom is -0.489 e. The molecule has 0 spiro atoms. The summed E-state index contributed by atoms with van der Waals surface area (Å²) < 4.78 is 11.7. The van der Waals surface area contributed by atoms with E-state index >= 15 is 0 Å². The number of anilines is 1. The van der Waals surface area contributed by atoms with E-state index in [-0.39, 0.29) is 5.91 Å². The monoisotopic (exact) mass is 375 g/mol. The molecule has 0 aliphatic heterocycles. The SMILES string of the molecule is CCC(Oc1cccc(C)c1)C(=O)Nc1cccc(OCc2ccccc2)c1. The molecule has 0 heterocycles. The first kappa shape index (κ1) is 19.5. The molecule has 0 saturated heterocycles. The molecule has 3 aromatic carbocycles. The second-order valence-electron chi connectivity index (χ2n) is 6.62. The topological polar surface area (TPSA) is 47.6 Å². The van der Waals surface area contributed by atoms with Gasteiger partial charge >= 0.3 is 0 Å². The molecular weight excluding hydrogens is 350 g/mol. The lowest BCUT2D eigenvalue weighted by molar-refractivity contribution is -0.122. The van der Waals surface area contributed by atoms with Gasteiger partial charge in [-0.05, 0) is 48.7 Å². The van der Waals surface area contributed by atoms with Crippen molar-refractivity contribution in [3.8, 4) is 11.5 Å². The maximum absolute atomic E-state index is 12.6. The molecule has 1 amide bonds. The Morgan fingerprint density at radius 3 is 2.43 bits per heavy atom. The number of amides is 1. The molecule has 28 heavy (non-hydrogen) atoms. The third-order valence-corrected chi connectivity index (χ3v) is 4.28. The maximum atomic E-state index is 12.6. The highest BCUT2D eigenvalue weighted by molar-refractivity contribution is 5.94. The third kappa shape index (κ3) is 5.61. The molecule has 4 nitrogen and oxygen atoms in total. The molecule has 1 N–H and O–H groups in total. The second-order valence-corrected chi connectivity index (χ2v) is 6.62. The Labute approximate surface area is 166 Å². The number of hydrogen-bond donors (Lipinski definition) is 1. The summed E-state index contributed by atoms with van der Waals surface area (Å²) in [7, 11) is 0. The molecule has 4 heteroatoms. The van der Waals surface area contributed by atoms with Crippen molar-refractivity contribution in [3.05, 3.63) is 90.0 Å². The van der Waals surface area contributed by atoms with Crippen LogP contribution in [0.4, 0.5) is 5.69 Å². The van der Waals surface area contributed by atoms with E-state index in [0.29, 0.717) is 30.2 Å². The van der Waals surface area contributed by atoms with E-state index < -0.39 is 6.10 Å². The lowest BCUT2D eigenvalue weighted by atomic mass is 10.2. The number of hydrogen-bond acceptors (Lipinski definition) is 3. The molecule has 0 fully saturated rings. The fraction of sp³-hybridized carbons (Fsp3) is 0.208. The minimum absolute atomic E-state index is 0.177. The highest BCUT2D eigenvalue weighted by Crippen LogP contribution is 2.20. The molecule has 0 aromatic heterocycles. The van der Waals surface area contributed by atoms with E-state index in [4.69, 9.17) is 9.47 Å². The molecule has 1 unspecified atom stereocenters. The smallest absolute Gasteiger partial charge is 0.265 e. The van der Waals surface area contributed by atoms with Gasteiger partial charge in [-0.2, -0.15) is 0 Å². The van der Waals surface area contributed by atoms with E-state index in [2.05, 4.69) is 5.32 Å². The van der Waals surface area contributed by atoms with Crippen molar-refractivity contribution in [2.24, 2.45) is 0 Å². The normalized spacial score (nSPS) is 11.5. The van der Waals surface area contributed by atoms with E-state index in [1.54, 1.807) is 0 Å². The van der Waals surface area contributed by atoms with Crippen molar-refractivity contribution in [2.45, 2.75) is 33.0 Å². The van der Waals surface area contributed by atoms with Crippen LogP contribution < -0.4 is 14.8 Å². The molecule has 0 bridgehead atoms. The van der Waals surface area contributed by atoms with Crippen molar-refractivity contribution in [1.29, 1.82) is 0 Å². The summed E-state index contributed by atoms with van der Waals surface area (Å²) >= 11 is 0. The summed E-state index contributed by atoms with van der Waals surface area (Å²) in [6.07, 6.45) is 0.0138. The van der Waals surface area contributed by atoms with E-state index in [0.717, 1.165) is 11.1 Å². The molecule has 0 aliphatic carbocycles. The van der Waals surface area contributed by atoms with Crippen LogP contribution in [-0.4, -0.2) is 12.0 Å². The zero-order valence-corrected chi connectivity index (χ0v) is 16.2. The highest BCUT2D eigenvalue weighted by Gasteiger charge is 2.18. The van der Waals surface area contributed by atoms with Crippen molar-refractivity contribution in [2.75, 3.05) is 5.32 Å². The van der Waals surface area contributed by atoms with Gasteiger partial charge in [0.1, 0.15) is 18.1 Å². The predicted octanol–water partition coefficient (Wildman–Crippen LogP) is 5.37. The van der Waals surface area contributed by atoms with E-state index in [9.17, 15) is 4.79 Å². The van der Waals surface area contributed by atoms with Crippen molar-refractivity contribution in [1.82, 2.24) is 0 Å². The second kappa shape index (κ2) is 9.60. The molecular formula is C24H25NO3. The quantitative estimate of drug-likeness (QED) is 0.576. The van der Waals surface area contributed by atoms with Gasteiger partial charge in [-0.25, -0.2) is 0 Å². The summed E-state index contributed by atoms with van der Waals surface area (Å²) in [5, 5.41) is 2.92. The van der Waals surface area contributed by atoms with Crippen molar-refractivity contribution >= 4 is 11.6 Å². The first-order chi connectivity index (χ1) is 13.6. The van der Waals surface area contributed by atoms with Crippen LogP contribution in [0.15, 0.2) is 78.9 Å². The van der Waals surface area contributed by atoms with Crippen LogP contribution in [0, 0.1) is 6.92 Å². The molecule has 3 rings (SSSR count). The number of nitrogens with one attached hydrogen (secondary N) is 1. The van der Waals surface area contributed by atoms with E-state index in [1.165, 1.54) is 0 Å². The first-order valence-electron chi connectivity index (χ1n) is 9.45. The average molecular weight is 375 g/mol. The Balaban J connectivity index is 1.61. The summed E-state index contributed by atoms with van der Waals surface area (Å²) in [6, 6.07) is 25.1. The Bertz CT molecular complexity index is 908. The van der Waals surface area contributed by atoms with Gasteiger partial charge < -0.3 is 14.8 Å². The summed E-state index contributed by atoms with van der Waals surface area (Å²) in [6.45, 7) is 4.40. The van der Waals surface area contributed by atoms with Crippen LogP contribution >= 0.6 is 0 Å². The summed E-state index contributed by atoms with van der Waals surface area (Å²) in [4.78, 5) is 12.6. The Morgan fingerprint density at radius 1 is 0.929 bits per heavy atom. The van der Waals surface area contributed by atoms with Crippen LogP contribution in [-0.2, 0) is 11.4 Å². The van der Waals surface area contributed by atoms with Crippen LogP contribution in [0.3, 0.4) is 0 Å². The summed E-state index contributed by atoms with van der Waals surface area (Å²) in [5.74, 6) is 1.22. The van der Waals surface area contributed by atoms with Gasteiger partial charge in [0.05, 0.1) is 0 Å². The van der Waals surface area contributed by atoms with Gasteiger partial charge in [0, 0.05) is 11.8 Å². The standard InChI is InChI=1S/C24H25NO3/c1-3-23(28-22-14-7-9-18(2)15-22)24(26)25-20-12-8-13-21(16-20)27-17-19-10-5-4-6-11-19/h4-16,23H,3,17H2,1-2H3,(H,25,26). The fourth-order valence-corrected chi connectivity index (χ4v) is 2.80. The van der Waals surface area contributed by atoms with Crippen LogP contribution in [0.5, 0.6) is 11.5 Å². The Morgan fingerprint density at radius 2 is 1.68 bits per heavy atom. The molecule has 0 radical (unpaired) electrons. The van der Waals surface area contributed by atoms with E-state index in [1.807, 2.05) is 92.7 Å². The fourth-order valence-electron chi connectivity index (χ4n) is 2.80. The Kier molecular flexibility index (Phi) is 6.68. The number of benzene rings is 3. The molecule has 1 atom stereocenters. The molecule has 0 saturated carbocycles. The Hall–Kier alpha value is -3.27. The number of carbonyl (C=O) groups is 1. The lowest BCUT2D eigenvalue weighted by Crippen LogP contribution is -2.32. The van der Waals surface area contributed by atoms with Gasteiger partial charge in [0.25, 0.3) is 5.91 Å². The number of rotatable bonds is 8. The predicted molar refractivity (Wildman–Crippen MR) is 112 cm³/mol.